The van der Waals surface area contributed by atoms with Gasteiger partial charge in [-0.2, -0.15) is 0 Å². The van der Waals surface area contributed by atoms with Crippen LogP contribution in [0.25, 0.3) is 10.9 Å². The Labute approximate surface area is 128 Å². The van der Waals surface area contributed by atoms with Gasteiger partial charge >= 0.3 is 0 Å². The van der Waals surface area contributed by atoms with Crippen LogP contribution in [-0.2, 0) is 0 Å². The molecule has 2 heterocycles. The molecule has 5 heteroatoms. The number of hydrogen-bond acceptors (Lipinski definition) is 3. The van der Waals surface area contributed by atoms with Gasteiger partial charge in [0.15, 0.2) is 0 Å². The standard InChI is InChI=1S/C17H18FN3O/c1-19-11-16(22)17(13-3-2-4-14(18)9-13)21-8-6-12-5-7-20-10-15(12)21/h2-10,16-17,19,22H,11H2,1H3. The third-order valence-corrected chi connectivity index (χ3v) is 3.79. The van der Waals surface area contributed by atoms with Crippen LogP contribution in [0, 0.1) is 5.82 Å². The van der Waals surface area contributed by atoms with Gasteiger partial charge in [0.05, 0.1) is 23.9 Å². The van der Waals surface area contributed by atoms with Crippen molar-refractivity contribution in [1.82, 2.24) is 14.9 Å². The molecule has 0 aliphatic carbocycles. The zero-order valence-corrected chi connectivity index (χ0v) is 12.3. The zero-order valence-electron chi connectivity index (χ0n) is 12.3. The summed E-state index contributed by atoms with van der Waals surface area (Å²) in [5.41, 5.74) is 1.64. The number of aliphatic hydroxyl groups excluding tert-OH is 1. The Morgan fingerprint density at radius 3 is 2.95 bits per heavy atom. The van der Waals surface area contributed by atoms with E-state index in [1.165, 1.54) is 12.1 Å². The summed E-state index contributed by atoms with van der Waals surface area (Å²) in [4.78, 5) is 4.15. The molecule has 3 rings (SSSR count). The maximum Gasteiger partial charge on any atom is 0.123 e. The third-order valence-electron chi connectivity index (χ3n) is 3.79. The van der Waals surface area contributed by atoms with Crippen LogP contribution in [0.15, 0.2) is 55.0 Å². The molecule has 0 radical (unpaired) electrons. The minimum atomic E-state index is -0.692. The van der Waals surface area contributed by atoms with Crippen molar-refractivity contribution >= 4 is 10.9 Å². The molecule has 2 atom stereocenters. The number of pyridine rings is 1. The first-order valence-electron chi connectivity index (χ1n) is 7.19. The Bertz CT molecular complexity index is 771. The number of nitrogens with zero attached hydrogens (tertiary/aromatic N) is 2. The molecule has 2 aromatic heterocycles. The molecular formula is C17H18FN3O. The van der Waals surface area contributed by atoms with E-state index < -0.39 is 6.10 Å². The summed E-state index contributed by atoms with van der Waals surface area (Å²) in [6, 6.07) is 9.85. The Hall–Kier alpha value is -2.24. The summed E-state index contributed by atoms with van der Waals surface area (Å²) < 4.78 is 15.6. The van der Waals surface area contributed by atoms with Crippen molar-refractivity contribution in [3.8, 4) is 0 Å². The van der Waals surface area contributed by atoms with E-state index in [1.54, 1.807) is 25.5 Å². The Kier molecular flexibility index (Phi) is 4.18. The molecular weight excluding hydrogens is 281 g/mol. The summed E-state index contributed by atoms with van der Waals surface area (Å²) >= 11 is 0. The lowest BCUT2D eigenvalue weighted by molar-refractivity contribution is 0.132. The maximum absolute atomic E-state index is 13.6. The Morgan fingerprint density at radius 2 is 2.18 bits per heavy atom. The van der Waals surface area contributed by atoms with Gasteiger partial charge in [-0.15, -0.1) is 0 Å². The lowest BCUT2D eigenvalue weighted by Crippen LogP contribution is -2.33. The van der Waals surface area contributed by atoms with Gasteiger partial charge in [-0.25, -0.2) is 4.39 Å². The molecule has 0 saturated heterocycles. The lowest BCUT2D eigenvalue weighted by Gasteiger charge is -2.26. The number of aliphatic hydroxyl groups is 1. The van der Waals surface area contributed by atoms with E-state index >= 15 is 0 Å². The molecule has 0 amide bonds. The second-order valence-corrected chi connectivity index (χ2v) is 5.28. The van der Waals surface area contributed by atoms with E-state index in [2.05, 4.69) is 10.3 Å². The monoisotopic (exact) mass is 299 g/mol. The number of fused-ring (bicyclic) bond motifs is 1. The number of halogens is 1. The fourth-order valence-electron chi connectivity index (χ4n) is 2.82. The van der Waals surface area contributed by atoms with Crippen LogP contribution in [0.2, 0.25) is 0 Å². The quantitative estimate of drug-likeness (QED) is 0.760. The highest BCUT2D eigenvalue weighted by Crippen LogP contribution is 2.27. The van der Waals surface area contributed by atoms with Crippen LogP contribution in [0.3, 0.4) is 0 Å². The molecule has 3 aromatic rings. The molecule has 0 fully saturated rings. The molecule has 0 aliphatic heterocycles. The summed E-state index contributed by atoms with van der Waals surface area (Å²) in [5.74, 6) is -0.311. The number of benzene rings is 1. The van der Waals surface area contributed by atoms with Gasteiger partial charge in [0.2, 0.25) is 0 Å². The smallest absolute Gasteiger partial charge is 0.123 e. The van der Waals surface area contributed by atoms with E-state index in [9.17, 15) is 9.50 Å². The van der Waals surface area contributed by atoms with Crippen molar-refractivity contribution in [3.63, 3.8) is 0 Å². The fraction of sp³-hybridized carbons (Fsp3) is 0.235. The minimum absolute atomic E-state index is 0.311. The van der Waals surface area contributed by atoms with Gasteiger partial charge in [-0.3, -0.25) is 4.98 Å². The fourth-order valence-corrected chi connectivity index (χ4v) is 2.82. The van der Waals surface area contributed by atoms with Gasteiger partial charge in [0.25, 0.3) is 0 Å². The van der Waals surface area contributed by atoms with Crippen LogP contribution in [0.1, 0.15) is 11.6 Å². The van der Waals surface area contributed by atoms with E-state index in [-0.39, 0.29) is 11.9 Å². The first-order chi connectivity index (χ1) is 10.7. The minimum Gasteiger partial charge on any atom is -0.389 e. The van der Waals surface area contributed by atoms with Crippen molar-refractivity contribution in [3.05, 3.63) is 66.4 Å². The van der Waals surface area contributed by atoms with Crippen molar-refractivity contribution in [2.75, 3.05) is 13.6 Å². The normalized spacial score (nSPS) is 14.1. The van der Waals surface area contributed by atoms with Crippen molar-refractivity contribution in [2.24, 2.45) is 0 Å². The predicted octanol–water partition coefficient (Wildman–Crippen LogP) is 2.35. The molecule has 114 valence electrons. The van der Waals surface area contributed by atoms with E-state index in [1.807, 2.05) is 29.0 Å². The van der Waals surface area contributed by atoms with Crippen molar-refractivity contribution < 1.29 is 9.50 Å². The van der Waals surface area contributed by atoms with Gasteiger partial charge < -0.3 is 15.0 Å². The van der Waals surface area contributed by atoms with E-state index in [0.717, 1.165) is 16.5 Å². The number of aromatic nitrogens is 2. The van der Waals surface area contributed by atoms with Gasteiger partial charge in [-0.1, -0.05) is 12.1 Å². The molecule has 2 N–H and O–H groups in total. The summed E-state index contributed by atoms with van der Waals surface area (Å²) in [6.07, 6.45) is 4.70. The average Bonchev–Trinajstić information content (AvgIpc) is 2.92. The molecule has 0 spiro atoms. The van der Waals surface area contributed by atoms with Crippen molar-refractivity contribution in [1.29, 1.82) is 0 Å². The average molecular weight is 299 g/mol. The molecule has 1 aromatic carbocycles. The van der Waals surface area contributed by atoms with Crippen LogP contribution < -0.4 is 5.32 Å². The SMILES string of the molecule is CNCC(O)C(c1cccc(F)c1)n1ccc2ccncc21. The largest absolute Gasteiger partial charge is 0.389 e. The van der Waals surface area contributed by atoms with Gasteiger partial charge in [0.1, 0.15) is 5.82 Å². The van der Waals surface area contributed by atoms with Crippen molar-refractivity contribution in [2.45, 2.75) is 12.1 Å². The first-order valence-corrected chi connectivity index (χ1v) is 7.19. The number of nitrogens with one attached hydrogen (secondary N) is 1. The summed E-state index contributed by atoms with van der Waals surface area (Å²) in [6.45, 7) is 0.404. The number of hydrogen-bond donors (Lipinski definition) is 2. The van der Waals surface area contributed by atoms with Crippen LogP contribution in [0.5, 0.6) is 0 Å². The predicted molar refractivity (Wildman–Crippen MR) is 84.2 cm³/mol. The molecule has 4 nitrogen and oxygen atoms in total. The van der Waals surface area contributed by atoms with Crippen LogP contribution >= 0.6 is 0 Å². The third kappa shape index (κ3) is 2.73. The molecule has 0 saturated carbocycles. The maximum atomic E-state index is 13.6. The highest BCUT2D eigenvalue weighted by atomic mass is 19.1. The first kappa shape index (κ1) is 14.7. The van der Waals surface area contributed by atoms with Gasteiger partial charge in [0, 0.05) is 24.3 Å². The lowest BCUT2D eigenvalue weighted by atomic mass is 10.0. The summed E-state index contributed by atoms with van der Waals surface area (Å²) in [7, 11) is 1.78. The second-order valence-electron chi connectivity index (χ2n) is 5.28. The topological polar surface area (TPSA) is 50.1 Å². The van der Waals surface area contributed by atoms with E-state index in [4.69, 9.17) is 0 Å². The van der Waals surface area contributed by atoms with Crippen LogP contribution in [0.4, 0.5) is 4.39 Å². The molecule has 0 aliphatic rings. The van der Waals surface area contributed by atoms with E-state index in [0.29, 0.717) is 6.54 Å². The summed E-state index contributed by atoms with van der Waals surface area (Å²) in [5, 5.41) is 14.6. The second kappa shape index (κ2) is 6.25. The highest BCUT2D eigenvalue weighted by Gasteiger charge is 2.24. The van der Waals surface area contributed by atoms with Gasteiger partial charge in [-0.05, 0) is 36.9 Å². The molecule has 22 heavy (non-hydrogen) atoms. The Morgan fingerprint density at radius 1 is 1.32 bits per heavy atom. The number of rotatable bonds is 5. The molecule has 0 bridgehead atoms. The Balaban J connectivity index is 2.13. The number of likely N-dealkylation sites (N-methyl/N-ethyl adjacent to an activating group) is 1. The van der Waals surface area contributed by atoms with Crippen LogP contribution in [-0.4, -0.2) is 34.4 Å². The highest BCUT2D eigenvalue weighted by molar-refractivity contribution is 5.79. The zero-order chi connectivity index (χ0) is 15.5. The molecule has 2 unspecified atom stereocenters.